The van der Waals surface area contributed by atoms with Crippen LogP contribution >= 0.6 is 0 Å². The van der Waals surface area contributed by atoms with Gasteiger partial charge in [-0.2, -0.15) is 10.5 Å². The third-order valence-electron chi connectivity index (χ3n) is 4.22. The molecule has 0 aromatic heterocycles. The van der Waals surface area contributed by atoms with Crippen LogP contribution in [-0.2, 0) is 0 Å². The average molecular weight is 314 g/mol. The summed E-state index contributed by atoms with van der Waals surface area (Å²) < 4.78 is 0. The molecule has 4 heteroatoms. The Kier molecular flexibility index (Phi) is 4.79. The second-order valence-electron chi connectivity index (χ2n) is 5.65. The van der Waals surface area contributed by atoms with Crippen LogP contribution in [0.4, 0.5) is 11.4 Å². The van der Waals surface area contributed by atoms with Gasteiger partial charge in [-0.1, -0.05) is 36.4 Å². The van der Waals surface area contributed by atoms with Gasteiger partial charge in [0, 0.05) is 37.6 Å². The molecule has 118 valence electrons. The molecule has 1 aliphatic heterocycles. The van der Waals surface area contributed by atoms with Crippen molar-refractivity contribution in [2.24, 2.45) is 0 Å². The maximum Gasteiger partial charge on any atom is 0.130 e. The van der Waals surface area contributed by atoms with Crippen LogP contribution in [-0.4, -0.2) is 26.2 Å². The molecule has 4 nitrogen and oxygen atoms in total. The van der Waals surface area contributed by atoms with Gasteiger partial charge in [-0.05, 0) is 29.8 Å². The lowest BCUT2D eigenvalue weighted by Crippen LogP contribution is -2.46. The molecule has 1 saturated heterocycles. The van der Waals surface area contributed by atoms with E-state index in [2.05, 4.69) is 40.1 Å². The number of nitrogens with zero attached hydrogens (tertiary/aromatic N) is 4. The van der Waals surface area contributed by atoms with Crippen molar-refractivity contribution >= 4 is 17.5 Å². The zero-order chi connectivity index (χ0) is 16.8. The van der Waals surface area contributed by atoms with Crippen LogP contribution in [0, 0.1) is 22.7 Å². The van der Waals surface area contributed by atoms with Gasteiger partial charge in [-0.25, -0.2) is 0 Å². The molecular weight excluding hydrogens is 296 g/mol. The molecule has 3 rings (SSSR count). The first-order valence-corrected chi connectivity index (χ1v) is 7.97. The summed E-state index contributed by atoms with van der Waals surface area (Å²) in [5.41, 5.74) is 3.38. The molecule has 0 radical (unpaired) electrons. The standard InChI is InChI=1S/C20H18N4/c21-15-17(16-22)14-18-6-4-5-9-20(18)24-12-10-23(11-13-24)19-7-2-1-3-8-19/h1-9,14H,10-13H2. The minimum absolute atomic E-state index is 0.130. The number of anilines is 2. The van der Waals surface area contributed by atoms with Crippen LogP contribution in [0.2, 0.25) is 0 Å². The molecule has 0 unspecified atom stereocenters. The van der Waals surface area contributed by atoms with Gasteiger partial charge in [0.15, 0.2) is 0 Å². The molecular formula is C20H18N4. The fourth-order valence-electron chi connectivity index (χ4n) is 2.99. The Morgan fingerprint density at radius 2 is 1.38 bits per heavy atom. The quantitative estimate of drug-likeness (QED) is 0.814. The van der Waals surface area contributed by atoms with E-state index in [9.17, 15) is 0 Å². The van der Waals surface area contributed by atoms with E-state index in [4.69, 9.17) is 10.5 Å². The molecule has 1 heterocycles. The second kappa shape index (κ2) is 7.35. The van der Waals surface area contributed by atoms with E-state index in [0.717, 1.165) is 37.4 Å². The number of hydrogen-bond acceptors (Lipinski definition) is 4. The molecule has 2 aromatic carbocycles. The van der Waals surface area contributed by atoms with E-state index in [1.165, 1.54) is 5.69 Å². The predicted molar refractivity (Wildman–Crippen MR) is 96.5 cm³/mol. The van der Waals surface area contributed by atoms with Crippen LogP contribution in [0.15, 0.2) is 60.2 Å². The van der Waals surface area contributed by atoms with Crippen molar-refractivity contribution in [1.29, 1.82) is 10.5 Å². The number of rotatable bonds is 3. The number of nitriles is 2. The molecule has 0 atom stereocenters. The summed E-state index contributed by atoms with van der Waals surface area (Å²) in [6, 6.07) is 22.2. The molecule has 0 aliphatic carbocycles. The summed E-state index contributed by atoms with van der Waals surface area (Å²) in [7, 11) is 0. The first-order valence-electron chi connectivity index (χ1n) is 7.97. The first-order chi connectivity index (χ1) is 11.8. The van der Waals surface area contributed by atoms with Gasteiger partial charge in [0.2, 0.25) is 0 Å². The maximum absolute atomic E-state index is 8.99. The number of hydrogen-bond donors (Lipinski definition) is 0. The van der Waals surface area contributed by atoms with Crippen molar-refractivity contribution in [3.8, 4) is 12.1 Å². The maximum atomic E-state index is 8.99. The molecule has 24 heavy (non-hydrogen) atoms. The fourth-order valence-corrected chi connectivity index (χ4v) is 2.99. The Labute approximate surface area is 142 Å². The summed E-state index contributed by atoms with van der Waals surface area (Å²) in [5.74, 6) is 0. The third kappa shape index (κ3) is 3.39. The van der Waals surface area contributed by atoms with Gasteiger partial charge < -0.3 is 9.80 Å². The Hall–Kier alpha value is -3.24. The van der Waals surface area contributed by atoms with E-state index < -0.39 is 0 Å². The highest BCUT2D eigenvalue weighted by Crippen LogP contribution is 2.25. The highest BCUT2D eigenvalue weighted by atomic mass is 15.3. The van der Waals surface area contributed by atoms with Crippen molar-refractivity contribution in [3.63, 3.8) is 0 Å². The Bertz CT molecular complexity index is 788. The molecule has 0 saturated carbocycles. The van der Waals surface area contributed by atoms with Crippen molar-refractivity contribution < 1.29 is 0 Å². The minimum atomic E-state index is 0.130. The summed E-state index contributed by atoms with van der Waals surface area (Å²) in [6.45, 7) is 3.72. The lowest BCUT2D eigenvalue weighted by atomic mass is 10.1. The van der Waals surface area contributed by atoms with Gasteiger partial charge in [0.05, 0.1) is 0 Å². The lowest BCUT2D eigenvalue weighted by Gasteiger charge is -2.38. The minimum Gasteiger partial charge on any atom is -0.368 e. The normalized spacial score (nSPS) is 13.8. The van der Waals surface area contributed by atoms with Crippen molar-refractivity contribution in [2.45, 2.75) is 0 Å². The number of para-hydroxylation sites is 2. The van der Waals surface area contributed by atoms with Crippen molar-refractivity contribution in [3.05, 3.63) is 65.7 Å². The van der Waals surface area contributed by atoms with Gasteiger partial charge in [0.25, 0.3) is 0 Å². The molecule has 1 aliphatic rings. The fraction of sp³-hybridized carbons (Fsp3) is 0.200. The zero-order valence-electron chi connectivity index (χ0n) is 13.4. The monoisotopic (exact) mass is 314 g/mol. The number of allylic oxidation sites excluding steroid dienone is 1. The summed E-state index contributed by atoms with van der Waals surface area (Å²) >= 11 is 0. The highest BCUT2D eigenvalue weighted by Gasteiger charge is 2.18. The number of benzene rings is 2. The molecule has 1 fully saturated rings. The molecule has 2 aromatic rings. The van der Waals surface area contributed by atoms with E-state index in [1.807, 2.05) is 36.4 Å². The van der Waals surface area contributed by atoms with Crippen LogP contribution in [0.25, 0.3) is 6.08 Å². The van der Waals surface area contributed by atoms with Gasteiger partial charge in [-0.3, -0.25) is 0 Å². The summed E-state index contributed by atoms with van der Waals surface area (Å²) in [5, 5.41) is 18.0. The van der Waals surface area contributed by atoms with Crippen molar-refractivity contribution in [1.82, 2.24) is 0 Å². The van der Waals surface area contributed by atoms with Gasteiger partial charge >= 0.3 is 0 Å². The van der Waals surface area contributed by atoms with Crippen LogP contribution in [0.5, 0.6) is 0 Å². The predicted octanol–water partition coefficient (Wildman–Crippen LogP) is 3.44. The summed E-state index contributed by atoms with van der Waals surface area (Å²) in [6.07, 6.45) is 1.67. The first kappa shape index (κ1) is 15.6. The molecule has 0 N–H and O–H groups in total. The van der Waals surface area contributed by atoms with Crippen molar-refractivity contribution in [2.75, 3.05) is 36.0 Å². The van der Waals surface area contributed by atoms with Gasteiger partial charge in [0.1, 0.15) is 17.7 Å². The van der Waals surface area contributed by atoms with Crippen LogP contribution < -0.4 is 9.80 Å². The van der Waals surface area contributed by atoms with E-state index in [-0.39, 0.29) is 5.57 Å². The Morgan fingerprint density at radius 3 is 2.04 bits per heavy atom. The largest absolute Gasteiger partial charge is 0.368 e. The topological polar surface area (TPSA) is 54.1 Å². The molecule has 0 spiro atoms. The highest BCUT2D eigenvalue weighted by molar-refractivity contribution is 5.73. The smallest absolute Gasteiger partial charge is 0.130 e. The average Bonchev–Trinajstić information content (AvgIpc) is 2.67. The van der Waals surface area contributed by atoms with Crippen LogP contribution in [0.3, 0.4) is 0 Å². The van der Waals surface area contributed by atoms with E-state index >= 15 is 0 Å². The summed E-state index contributed by atoms with van der Waals surface area (Å²) in [4.78, 5) is 4.70. The third-order valence-corrected chi connectivity index (χ3v) is 4.22. The zero-order valence-corrected chi connectivity index (χ0v) is 13.4. The van der Waals surface area contributed by atoms with E-state index in [1.54, 1.807) is 6.08 Å². The Balaban J connectivity index is 1.77. The SMILES string of the molecule is N#CC(C#N)=Cc1ccccc1N1CCN(c2ccccc2)CC1. The lowest BCUT2D eigenvalue weighted by molar-refractivity contribution is 0.653. The van der Waals surface area contributed by atoms with Crippen LogP contribution in [0.1, 0.15) is 5.56 Å². The second-order valence-corrected chi connectivity index (χ2v) is 5.65. The van der Waals surface area contributed by atoms with Gasteiger partial charge in [-0.15, -0.1) is 0 Å². The number of piperazine rings is 1. The Morgan fingerprint density at radius 1 is 0.792 bits per heavy atom. The molecule has 0 amide bonds. The molecule has 0 bridgehead atoms. The van der Waals surface area contributed by atoms with E-state index in [0.29, 0.717) is 0 Å².